The summed E-state index contributed by atoms with van der Waals surface area (Å²) in [6.45, 7) is 5.35. The zero-order valence-electron chi connectivity index (χ0n) is 16.6. The predicted octanol–water partition coefficient (Wildman–Crippen LogP) is 4.21. The third-order valence-corrected chi connectivity index (χ3v) is 4.82. The van der Waals surface area contributed by atoms with E-state index in [4.69, 9.17) is 14.5 Å². The van der Waals surface area contributed by atoms with E-state index in [0.717, 1.165) is 24.8 Å². The standard InChI is InChI=1S/C23H28N2O3/c1-3-27-15-16-28-23(25-22(26)19-13-11-17(2)12-14-19)24-21-10-6-8-18-7-4-5-9-20(18)21/h4-5,7,9,11-14,21H,3,6,8,10,15-16H2,1-2H3,(H,24,25,26)/t21-/m0/s1. The van der Waals surface area contributed by atoms with Gasteiger partial charge in [0.1, 0.15) is 6.61 Å². The predicted molar refractivity (Wildman–Crippen MR) is 111 cm³/mol. The Hall–Kier alpha value is -2.66. The molecule has 5 nitrogen and oxygen atoms in total. The molecule has 0 fully saturated rings. The van der Waals surface area contributed by atoms with Crippen molar-refractivity contribution >= 4 is 11.9 Å². The second-order valence-electron chi connectivity index (χ2n) is 6.91. The van der Waals surface area contributed by atoms with Crippen LogP contribution in [0.1, 0.15) is 52.9 Å². The van der Waals surface area contributed by atoms with Gasteiger partial charge >= 0.3 is 0 Å². The third kappa shape index (κ3) is 5.42. The summed E-state index contributed by atoms with van der Waals surface area (Å²) in [5.74, 6) is -0.223. The molecule has 1 N–H and O–H groups in total. The van der Waals surface area contributed by atoms with Crippen LogP contribution < -0.4 is 5.32 Å². The highest BCUT2D eigenvalue weighted by molar-refractivity contribution is 6.04. The lowest BCUT2D eigenvalue weighted by molar-refractivity contribution is 0.0920. The SMILES string of the molecule is CCOCCOC(=N[C@H]1CCCc2ccccc21)NC(=O)c1ccc(C)cc1. The summed E-state index contributed by atoms with van der Waals surface area (Å²) in [5.41, 5.74) is 4.22. The van der Waals surface area contributed by atoms with Crippen LogP contribution >= 0.6 is 0 Å². The number of fused-ring (bicyclic) bond motifs is 1. The fourth-order valence-corrected chi connectivity index (χ4v) is 3.33. The smallest absolute Gasteiger partial charge is 0.292 e. The van der Waals surface area contributed by atoms with E-state index in [0.29, 0.717) is 25.4 Å². The van der Waals surface area contributed by atoms with Gasteiger partial charge in [0.2, 0.25) is 0 Å². The van der Waals surface area contributed by atoms with E-state index in [-0.39, 0.29) is 18.0 Å². The Morgan fingerprint density at radius 2 is 1.93 bits per heavy atom. The molecule has 1 aliphatic carbocycles. The van der Waals surface area contributed by atoms with Gasteiger partial charge in [-0.15, -0.1) is 0 Å². The normalized spacial score (nSPS) is 16.4. The van der Waals surface area contributed by atoms with Gasteiger partial charge in [-0.25, -0.2) is 4.99 Å². The number of carbonyl (C=O) groups is 1. The average Bonchev–Trinajstić information content (AvgIpc) is 2.72. The number of nitrogens with one attached hydrogen (secondary N) is 1. The number of nitrogens with zero attached hydrogens (tertiary/aromatic N) is 1. The third-order valence-electron chi connectivity index (χ3n) is 4.82. The van der Waals surface area contributed by atoms with Crippen molar-refractivity contribution in [1.82, 2.24) is 5.32 Å². The maximum Gasteiger partial charge on any atom is 0.292 e. The van der Waals surface area contributed by atoms with Crippen molar-refractivity contribution in [3.05, 3.63) is 70.8 Å². The Morgan fingerprint density at radius 1 is 1.14 bits per heavy atom. The molecule has 0 bridgehead atoms. The van der Waals surface area contributed by atoms with Crippen molar-refractivity contribution in [2.75, 3.05) is 19.8 Å². The molecule has 2 aromatic rings. The Bertz CT molecular complexity index is 815. The molecule has 0 aromatic heterocycles. The molecule has 0 saturated carbocycles. The number of aliphatic imine (C=N–C) groups is 1. The van der Waals surface area contributed by atoms with Crippen molar-refractivity contribution in [2.45, 2.75) is 39.2 Å². The summed E-state index contributed by atoms with van der Waals surface area (Å²) in [5, 5.41) is 2.84. The van der Waals surface area contributed by atoms with Gasteiger partial charge < -0.3 is 9.47 Å². The lowest BCUT2D eigenvalue weighted by Crippen LogP contribution is -2.34. The quantitative estimate of drug-likeness (QED) is 0.464. The molecular formula is C23H28N2O3. The highest BCUT2D eigenvalue weighted by Crippen LogP contribution is 2.32. The van der Waals surface area contributed by atoms with Gasteiger partial charge in [0.05, 0.1) is 12.6 Å². The molecule has 1 aliphatic rings. The monoisotopic (exact) mass is 380 g/mol. The molecule has 3 rings (SSSR count). The summed E-state index contributed by atoms with van der Waals surface area (Å²) < 4.78 is 11.1. The minimum atomic E-state index is -0.223. The fraction of sp³-hybridized carbons (Fsp3) is 0.391. The van der Waals surface area contributed by atoms with E-state index in [1.54, 1.807) is 12.1 Å². The van der Waals surface area contributed by atoms with E-state index < -0.39 is 0 Å². The van der Waals surface area contributed by atoms with E-state index >= 15 is 0 Å². The van der Waals surface area contributed by atoms with Crippen LogP contribution in [0, 0.1) is 6.92 Å². The first-order chi connectivity index (χ1) is 13.7. The summed E-state index contributed by atoms with van der Waals surface area (Å²) >= 11 is 0. The minimum Gasteiger partial charge on any atom is -0.463 e. The van der Waals surface area contributed by atoms with Crippen molar-refractivity contribution in [3.8, 4) is 0 Å². The van der Waals surface area contributed by atoms with Crippen LogP contribution in [-0.4, -0.2) is 31.7 Å². The van der Waals surface area contributed by atoms with E-state index in [1.807, 2.05) is 32.0 Å². The molecule has 0 radical (unpaired) electrons. The molecule has 2 aromatic carbocycles. The lowest BCUT2D eigenvalue weighted by atomic mass is 9.88. The second kappa shape index (κ2) is 10.0. The lowest BCUT2D eigenvalue weighted by Gasteiger charge is -2.23. The molecule has 1 atom stereocenters. The van der Waals surface area contributed by atoms with E-state index in [1.165, 1.54) is 11.1 Å². The summed E-state index contributed by atoms with van der Waals surface area (Å²) in [6, 6.07) is 16.0. The van der Waals surface area contributed by atoms with Crippen LogP contribution in [-0.2, 0) is 15.9 Å². The van der Waals surface area contributed by atoms with Crippen molar-refractivity contribution in [3.63, 3.8) is 0 Å². The molecule has 28 heavy (non-hydrogen) atoms. The Morgan fingerprint density at radius 3 is 2.71 bits per heavy atom. The molecule has 148 valence electrons. The van der Waals surface area contributed by atoms with Gasteiger partial charge in [0.25, 0.3) is 11.9 Å². The van der Waals surface area contributed by atoms with Gasteiger partial charge in [-0.3, -0.25) is 10.1 Å². The Kier molecular flexibility index (Phi) is 7.20. The number of carbonyl (C=O) groups excluding carboxylic acids is 1. The van der Waals surface area contributed by atoms with Gasteiger partial charge in [-0.1, -0.05) is 42.0 Å². The van der Waals surface area contributed by atoms with Gasteiger partial charge in [-0.05, 0) is 56.4 Å². The first-order valence-electron chi connectivity index (χ1n) is 9.91. The zero-order chi connectivity index (χ0) is 19.8. The minimum absolute atomic E-state index is 0.00892. The fourth-order valence-electron chi connectivity index (χ4n) is 3.33. The van der Waals surface area contributed by atoms with Gasteiger partial charge in [0, 0.05) is 12.2 Å². The number of hydrogen-bond donors (Lipinski definition) is 1. The number of benzene rings is 2. The first kappa shape index (κ1) is 20.1. The van der Waals surface area contributed by atoms with Crippen LogP contribution in [0.4, 0.5) is 0 Å². The number of rotatable bonds is 6. The first-order valence-corrected chi connectivity index (χ1v) is 9.91. The number of ether oxygens (including phenoxy) is 2. The maximum absolute atomic E-state index is 12.6. The van der Waals surface area contributed by atoms with Crippen molar-refractivity contribution < 1.29 is 14.3 Å². The molecule has 5 heteroatoms. The van der Waals surface area contributed by atoms with Crippen molar-refractivity contribution in [1.29, 1.82) is 0 Å². The zero-order valence-corrected chi connectivity index (χ0v) is 16.6. The highest BCUT2D eigenvalue weighted by atomic mass is 16.5. The number of amides is 1. The molecule has 0 saturated heterocycles. The number of amidine groups is 1. The van der Waals surface area contributed by atoms with Crippen molar-refractivity contribution in [2.24, 2.45) is 4.99 Å². The van der Waals surface area contributed by atoms with Gasteiger partial charge in [0.15, 0.2) is 0 Å². The molecular weight excluding hydrogens is 352 g/mol. The van der Waals surface area contributed by atoms with Crippen LogP contribution in [0.5, 0.6) is 0 Å². The van der Waals surface area contributed by atoms with Crippen LogP contribution in [0.25, 0.3) is 0 Å². The maximum atomic E-state index is 12.6. The summed E-state index contributed by atoms with van der Waals surface area (Å²) in [4.78, 5) is 17.4. The molecule has 0 spiro atoms. The summed E-state index contributed by atoms with van der Waals surface area (Å²) in [6.07, 6.45) is 3.08. The van der Waals surface area contributed by atoms with E-state index in [9.17, 15) is 4.79 Å². The highest BCUT2D eigenvalue weighted by Gasteiger charge is 2.21. The Labute approximate surface area is 166 Å². The molecule has 1 amide bonds. The molecule has 0 heterocycles. The molecule has 0 unspecified atom stereocenters. The second-order valence-corrected chi connectivity index (χ2v) is 6.91. The topological polar surface area (TPSA) is 59.9 Å². The van der Waals surface area contributed by atoms with Gasteiger partial charge in [-0.2, -0.15) is 0 Å². The number of aryl methyl sites for hydroxylation is 2. The Balaban J connectivity index is 1.77. The van der Waals surface area contributed by atoms with Crippen LogP contribution in [0.2, 0.25) is 0 Å². The van der Waals surface area contributed by atoms with E-state index in [2.05, 4.69) is 23.5 Å². The van der Waals surface area contributed by atoms with Crippen LogP contribution in [0.3, 0.4) is 0 Å². The average molecular weight is 380 g/mol. The van der Waals surface area contributed by atoms with Crippen LogP contribution in [0.15, 0.2) is 53.5 Å². The summed E-state index contributed by atoms with van der Waals surface area (Å²) in [7, 11) is 0. The number of hydrogen-bond acceptors (Lipinski definition) is 4. The molecule has 0 aliphatic heterocycles. The largest absolute Gasteiger partial charge is 0.463 e.